The maximum absolute atomic E-state index is 13.1. The van der Waals surface area contributed by atoms with Crippen LogP contribution in [0.3, 0.4) is 0 Å². The highest BCUT2D eigenvalue weighted by molar-refractivity contribution is 6.04. The van der Waals surface area contributed by atoms with E-state index in [2.05, 4.69) is 20.2 Å². The molecule has 0 unspecified atom stereocenters. The normalized spacial score (nSPS) is 17.2. The quantitative estimate of drug-likeness (QED) is 0.724. The molecule has 1 saturated heterocycles. The van der Waals surface area contributed by atoms with E-state index in [9.17, 15) is 9.18 Å². The number of pyridine rings is 3. The highest BCUT2D eigenvalue weighted by Crippen LogP contribution is 2.40. The van der Waals surface area contributed by atoms with Gasteiger partial charge in [0.2, 0.25) is 0 Å². The van der Waals surface area contributed by atoms with Gasteiger partial charge in [-0.3, -0.25) is 15.2 Å². The lowest BCUT2D eigenvalue weighted by atomic mass is 10.1. The van der Waals surface area contributed by atoms with Gasteiger partial charge in [-0.15, -0.1) is 0 Å². The Morgan fingerprint density at radius 1 is 1.14 bits per heavy atom. The Labute approximate surface area is 167 Å². The topological polar surface area (TPSA) is 74.2 Å². The molecule has 1 N–H and O–H groups in total. The van der Waals surface area contributed by atoms with Crippen molar-refractivity contribution in [3.63, 3.8) is 0 Å². The van der Waals surface area contributed by atoms with Gasteiger partial charge < -0.3 is 4.90 Å². The largest absolute Gasteiger partial charge is 0.366 e. The van der Waals surface area contributed by atoms with Crippen LogP contribution in [0.15, 0.2) is 48.8 Å². The molecule has 0 saturated carbocycles. The van der Waals surface area contributed by atoms with Gasteiger partial charge in [-0.1, -0.05) is 0 Å². The molecule has 2 aliphatic heterocycles. The minimum Gasteiger partial charge on any atom is -0.366 e. The molecule has 5 heterocycles. The first kappa shape index (κ1) is 17.5. The molecule has 0 aromatic carbocycles. The molecule has 2 amide bonds. The minimum atomic E-state index is -0.448. The number of urea groups is 1. The summed E-state index contributed by atoms with van der Waals surface area (Å²) in [6.07, 6.45) is 3.73. The number of hydrogen-bond acceptors (Lipinski definition) is 5. The van der Waals surface area contributed by atoms with Gasteiger partial charge >= 0.3 is 6.03 Å². The van der Waals surface area contributed by atoms with E-state index in [-0.39, 0.29) is 12.1 Å². The molecule has 3 aromatic rings. The zero-order valence-corrected chi connectivity index (χ0v) is 15.8. The molecule has 0 aliphatic carbocycles. The molecule has 2 aliphatic rings. The van der Waals surface area contributed by atoms with Crippen LogP contribution in [0.5, 0.6) is 0 Å². The van der Waals surface area contributed by atoms with Crippen molar-refractivity contribution in [3.05, 3.63) is 60.3 Å². The van der Waals surface area contributed by atoms with Crippen molar-refractivity contribution in [2.75, 3.05) is 28.2 Å². The zero-order chi connectivity index (χ0) is 20.0. The summed E-state index contributed by atoms with van der Waals surface area (Å²) in [4.78, 5) is 30.2. The third-order valence-electron chi connectivity index (χ3n) is 5.34. The summed E-state index contributed by atoms with van der Waals surface area (Å²) in [5.74, 6) is 0.476. The van der Waals surface area contributed by atoms with Crippen molar-refractivity contribution in [1.82, 2.24) is 15.0 Å². The van der Waals surface area contributed by atoms with Crippen molar-refractivity contribution in [2.24, 2.45) is 0 Å². The van der Waals surface area contributed by atoms with Gasteiger partial charge in [0.15, 0.2) is 5.82 Å². The Morgan fingerprint density at radius 3 is 2.79 bits per heavy atom. The van der Waals surface area contributed by atoms with Crippen LogP contribution in [0.2, 0.25) is 0 Å². The number of halogens is 1. The van der Waals surface area contributed by atoms with E-state index in [1.54, 1.807) is 11.1 Å². The van der Waals surface area contributed by atoms with Crippen LogP contribution in [0.1, 0.15) is 12.1 Å². The van der Waals surface area contributed by atoms with Gasteiger partial charge in [-0.2, -0.15) is 0 Å². The van der Waals surface area contributed by atoms with Crippen molar-refractivity contribution in [2.45, 2.75) is 19.4 Å². The van der Waals surface area contributed by atoms with Crippen molar-refractivity contribution in [3.8, 4) is 11.3 Å². The maximum atomic E-state index is 13.1. The number of anilines is 3. The molecule has 29 heavy (non-hydrogen) atoms. The third-order valence-corrected chi connectivity index (χ3v) is 5.34. The Balaban J connectivity index is 1.51. The van der Waals surface area contributed by atoms with Crippen molar-refractivity contribution >= 4 is 23.4 Å². The minimum absolute atomic E-state index is 0.0295. The number of rotatable bonds is 2. The molecule has 2 bridgehead atoms. The molecule has 3 aromatic heterocycles. The van der Waals surface area contributed by atoms with E-state index in [1.165, 1.54) is 12.1 Å². The van der Waals surface area contributed by atoms with Crippen LogP contribution in [0, 0.1) is 12.7 Å². The molecule has 8 heteroatoms. The van der Waals surface area contributed by atoms with Crippen LogP contribution < -0.4 is 15.1 Å². The summed E-state index contributed by atoms with van der Waals surface area (Å²) in [5, 5.41) is 2.77. The van der Waals surface area contributed by atoms with E-state index >= 15 is 0 Å². The third kappa shape index (κ3) is 3.16. The number of hydrogen-bond donors (Lipinski definition) is 1. The van der Waals surface area contributed by atoms with E-state index < -0.39 is 5.82 Å². The summed E-state index contributed by atoms with van der Waals surface area (Å²) < 4.78 is 13.1. The van der Waals surface area contributed by atoms with Crippen molar-refractivity contribution < 1.29 is 9.18 Å². The number of aryl methyl sites for hydroxylation is 1. The number of fused-ring (bicyclic) bond motifs is 4. The molecular weight excluding hydrogens is 371 g/mol. The number of nitrogens with zero attached hydrogens (tertiary/aromatic N) is 5. The molecular formula is C21H19FN6O. The lowest BCUT2D eigenvalue weighted by Crippen LogP contribution is -2.48. The predicted molar refractivity (Wildman–Crippen MR) is 109 cm³/mol. The second-order valence-corrected chi connectivity index (χ2v) is 7.28. The van der Waals surface area contributed by atoms with Gasteiger partial charge in [0, 0.05) is 30.5 Å². The second kappa shape index (κ2) is 6.80. The van der Waals surface area contributed by atoms with E-state index in [0.29, 0.717) is 11.6 Å². The van der Waals surface area contributed by atoms with Crippen LogP contribution in [0.4, 0.5) is 26.5 Å². The Morgan fingerprint density at radius 2 is 2.03 bits per heavy atom. The fraction of sp³-hybridized carbons (Fsp3) is 0.238. The summed E-state index contributed by atoms with van der Waals surface area (Å²) in [6.45, 7) is 3.58. The molecule has 7 nitrogen and oxygen atoms in total. The maximum Gasteiger partial charge on any atom is 0.329 e. The van der Waals surface area contributed by atoms with E-state index in [1.807, 2.05) is 31.2 Å². The predicted octanol–water partition coefficient (Wildman–Crippen LogP) is 3.62. The summed E-state index contributed by atoms with van der Waals surface area (Å²) in [6, 6.07) is 10.3. The lowest BCUT2D eigenvalue weighted by molar-refractivity contribution is 0.254. The highest BCUT2D eigenvalue weighted by Gasteiger charge is 2.40. The highest BCUT2D eigenvalue weighted by atomic mass is 19.1. The SMILES string of the molecule is Cc1ccc(-c2ccc3c(n2)N(C(=O)Nc2ccc(F)cn2)[C@H]2CCN3C2)cn1. The summed E-state index contributed by atoms with van der Waals surface area (Å²) >= 11 is 0. The molecule has 1 fully saturated rings. The van der Waals surface area contributed by atoms with Crippen LogP contribution in [0.25, 0.3) is 11.3 Å². The van der Waals surface area contributed by atoms with E-state index in [4.69, 9.17) is 4.98 Å². The number of aromatic nitrogens is 3. The first-order valence-electron chi connectivity index (χ1n) is 9.49. The lowest BCUT2D eigenvalue weighted by Gasteiger charge is -2.35. The Kier molecular flexibility index (Phi) is 4.12. The van der Waals surface area contributed by atoms with Gasteiger partial charge in [0.1, 0.15) is 11.6 Å². The Bertz CT molecular complexity index is 1070. The summed E-state index contributed by atoms with van der Waals surface area (Å²) in [5.41, 5.74) is 3.52. The number of carbonyl (C=O) groups excluding carboxylic acids is 1. The molecule has 0 radical (unpaired) electrons. The molecule has 146 valence electrons. The van der Waals surface area contributed by atoms with Gasteiger partial charge in [-0.05, 0) is 49.7 Å². The van der Waals surface area contributed by atoms with Crippen LogP contribution in [-0.4, -0.2) is 40.1 Å². The molecule has 1 atom stereocenters. The first-order valence-corrected chi connectivity index (χ1v) is 9.49. The first-order chi connectivity index (χ1) is 14.1. The van der Waals surface area contributed by atoms with Crippen LogP contribution >= 0.6 is 0 Å². The average molecular weight is 390 g/mol. The smallest absolute Gasteiger partial charge is 0.329 e. The fourth-order valence-electron chi connectivity index (χ4n) is 3.87. The molecule has 0 spiro atoms. The fourth-order valence-corrected chi connectivity index (χ4v) is 3.87. The second-order valence-electron chi connectivity index (χ2n) is 7.28. The monoisotopic (exact) mass is 390 g/mol. The number of amides is 2. The van der Waals surface area contributed by atoms with E-state index in [0.717, 1.165) is 48.3 Å². The van der Waals surface area contributed by atoms with Crippen LogP contribution in [-0.2, 0) is 0 Å². The number of nitrogens with one attached hydrogen (secondary N) is 1. The number of carbonyl (C=O) groups is 1. The molecule has 5 rings (SSSR count). The average Bonchev–Trinajstić information content (AvgIpc) is 3.14. The standard InChI is InChI=1S/C21H19FN6O/c1-13-2-3-14(10-23-13)17-5-6-18-20(25-17)28(16-8-9-27(18)12-16)21(29)26-19-7-4-15(22)11-24-19/h2-7,10-11,16H,8-9,12H2,1H3,(H,24,26,29)/t16-/m0/s1. The summed E-state index contributed by atoms with van der Waals surface area (Å²) in [7, 11) is 0. The van der Waals surface area contributed by atoms with Gasteiger partial charge in [0.25, 0.3) is 0 Å². The Hall–Kier alpha value is -3.55. The van der Waals surface area contributed by atoms with Crippen molar-refractivity contribution in [1.29, 1.82) is 0 Å². The zero-order valence-electron chi connectivity index (χ0n) is 15.8. The van der Waals surface area contributed by atoms with Gasteiger partial charge in [-0.25, -0.2) is 19.2 Å². The van der Waals surface area contributed by atoms with Gasteiger partial charge in [0.05, 0.1) is 23.6 Å².